The van der Waals surface area contributed by atoms with Gasteiger partial charge in [-0.1, -0.05) is 6.92 Å². The molecule has 1 heterocycles. The first-order chi connectivity index (χ1) is 8.95. The zero-order valence-corrected chi connectivity index (χ0v) is 11.1. The predicted octanol–water partition coefficient (Wildman–Crippen LogP) is 0.289. The minimum atomic E-state index is -1.15. The molecule has 0 aromatic heterocycles. The van der Waals surface area contributed by atoms with E-state index < -0.39 is 17.9 Å². The standard InChI is InChI=1S/C12H21N3O4/c1-2-8-4-3-7-15(8)12(19)14-9(11(17)18)5-6-10(13)16/h8-9H,2-7H2,1H3,(H2,13,16)(H,14,19)(H,17,18)/t8?,9-/m1/s1. The summed E-state index contributed by atoms with van der Waals surface area (Å²) in [5.74, 6) is -1.73. The van der Waals surface area contributed by atoms with Crippen molar-refractivity contribution in [3.8, 4) is 0 Å². The fourth-order valence-corrected chi connectivity index (χ4v) is 2.30. The lowest BCUT2D eigenvalue weighted by Crippen LogP contribution is -2.49. The van der Waals surface area contributed by atoms with Crippen LogP contribution in [0.3, 0.4) is 0 Å². The average Bonchev–Trinajstić information content (AvgIpc) is 2.81. The summed E-state index contributed by atoms with van der Waals surface area (Å²) in [4.78, 5) is 35.4. The van der Waals surface area contributed by atoms with Crippen LogP contribution in [0.25, 0.3) is 0 Å². The number of carbonyl (C=O) groups is 3. The third-order valence-electron chi connectivity index (χ3n) is 3.38. The molecule has 0 saturated carbocycles. The van der Waals surface area contributed by atoms with Crippen molar-refractivity contribution in [2.75, 3.05) is 6.54 Å². The molecular formula is C12H21N3O4. The first-order valence-electron chi connectivity index (χ1n) is 6.54. The Hall–Kier alpha value is -1.79. The van der Waals surface area contributed by atoms with Gasteiger partial charge in [0.15, 0.2) is 0 Å². The van der Waals surface area contributed by atoms with Crippen LogP contribution < -0.4 is 11.1 Å². The van der Waals surface area contributed by atoms with E-state index in [1.165, 1.54) is 0 Å². The Balaban J connectivity index is 2.55. The van der Waals surface area contributed by atoms with Gasteiger partial charge in [-0.2, -0.15) is 0 Å². The van der Waals surface area contributed by atoms with Crippen molar-refractivity contribution in [3.63, 3.8) is 0 Å². The number of nitrogens with two attached hydrogens (primary N) is 1. The van der Waals surface area contributed by atoms with Gasteiger partial charge >= 0.3 is 12.0 Å². The van der Waals surface area contributed by atoms with E-state index >= 15 is 0 Å². The molecule has 1 unspecified atom stereocenters. The summed E-state index contributed by atoms with van der Waals surface area (Å²) >= 11 is 0. The van der Waals surface area contributed by atoms with Crippen LogP contribution in [0.4, 0.5) is 4.79 Å². The molecule has 0 aliphatic carbocycles. The van der Waals surface area contributed by atoms with E-state index in [0.29, 0.717) is 6.54 Å². The quantitative estimate of drug-likeness (QED) is 0.644. The summed E-state index contributed by atoms with van der Waals surface area (Å²) in [5.41, 5.74) is 4.98. The fourth-order valence-electron chi connectivity index (χ4n) is 2.30. The summed E-state index contributed by atoms with van der Waals surface area (Å²) in [6, 6.07) is -1.27. The van der Waals surface area contributed by atoms with Crippen molar-refractivity contribution in [2.24, 2.45) is 5.73 Å². The highest BCUT2D eigenvalue weighted by Crippen LogP contribution is 2.19. The maximum absolute atomic E-state index is 12.0. The molecule has 1 saturated heterocycles. The van der Waals surface area contributed by atoms with Gasteiger partial charge in [0.25, 0.3) is 0 Å². The van der Waals surface area contributed by atoms with Gasteiger partial charge in [0.05, 0.1) is 0 Å². The molecule has 4 N–H and O–H groups in total. The number of carboxylic acids is 1. The number of carbonyl (C=O) groups excluding carboxylic acids is 2. The van der Waals surface area contributed by atoms with Crippen LogP contribution in [0.5, 0.6) is 0 Å². The van der Waals surface area contributed by atoms with Crippen molar-refractivity contribution in [1.82, 2.24) is 10.2 Å². The molecule has 0 radical (unpaired) electrons. The lowest BCUT2D eigenvalue weighted by Gasteiger charge is -2.25. The topological polar surface area (TPSA) is 113 Å². The van der Waals surface area contributed by atoms with E-state index in [4.69, 9.17) is 10.8 Å². The number of aliphatic carboxylic acids is 1. The molecule has 1 aliphatic rings. The van der Waals surface area contributed by atoms with Gasteiger partial charge in [-0.15, -0.1) is 0 Å². The Morgan fingerprint density at radius 1 is 1.47 bits per heavy atom. The highest BCUT2D eigenvalue weighted by Gasteiger charge is 2.30. The predicted molar refractivity (Wildman–Crippen MR) is 68.4 cm³/mol. The van der Waals surface area contributed by atoms with E-state index in [0.717, 1.165) is 19.3 Å². The molecule has 1 fully saturated rings. The van der Waals surface area contributed by atoms with Gasteiger partial charge in [-0.3, -0.25) is 4.79 Å². The number of urea groups is 1. The Bertz CT molecular complexity index is 359. The van der Waals surface area contributed by atoms with Crippen LogP contribution in [0.2, 0.25) is 0 Å². The van der Waals surface area contributed by atoms with Crippen LogP contribution in [-0.4, -0.2) is 46.5 Å². The Morgan fingerprint density at radius 3 is 2.68 bits per heavy atom. The fraction of sp³-hybridized carbons (Fsp3) is 0.750. The molecule has 108 valence electrons. The first-order valence-corrected chi connectivity index (χ1v) is 6.54. The Kier molecular flexibility index (Phi) is 5.59. The number of carboxylic acid groups (broad SMARTS) is 1. The monoisotopic (exact) mass is 271 g/mol. The van der Waals surface area contributed by atoms with E-state index in [1.807, 2.05) is 6.92 Å². The molecule has 1 aliphatic heterocycles. The lowest BCUT2D eigenvalue weighted by atomic mass is 10.1. The second-order valence-corrected chi connectivity index (χ2v) is 4.74. The van der Waals surface area contributed by atoms with E-state index in [1.54, 1.807) is 4.90 Å². The Labute approximate surface area is 112 Å². The molecule has 1 rings (SSSR count). The average molecular weight is 271 g/mol. The second kappa shape index (κ2) is 6.96. The SMILES string of the molecule is CCC1CCCN1C(=O)N[C@H](CCC(N)=O)C(=O)O. The number of hydrogen-bond donors (Lipinski definition) is 3. The number of amides is 3. The summed E-state index contributed by atoms with van der Waals surface area (Å²) in [7, 11) is 0. The number of hydrogen-bond acceptors (Lipinski definition) is 3. The third-order valence-corrected chi connectivity index (χ3v) is 3.38. The minimum absolute atomic E-state index is 0.0149. The number of rotatable bonds is 6. The van der Waals surface area contributed by atoms with Crippen molar-refractivity contribution < 1.29 is 19.5 Å². The summed E-state index contributed by atoms with van der Waals surface area (Å²) < 4.78 is 0. The van der Waals surface area contributed by atoms with Gasteiger partial charge in [-0.05, 0) is 25.7 Å². The number of nitrogens with one attached hydrogen (secondary N) is 1. The lowest BCUT2D eigenvalue weighted by molar-refractivity contribution is -0.139. The van der Waals surface area contributed by atoms with Crippen molar-refractivity contribution >= 4 is 17.9 Å². The largest absolute Gasteiger partial charge is 0.480 e. The molecule has 0 aromatic carbocycles. The van der Waals surface area contributed by atoms with Crippen molar-refractivity contribution in [2.45, 2.75) is 51.1 Å². The van der Waals surface area contributed by atoms with Gasteiger partial charge < -0.3 is 21.1 Å². The number of nitrogens with zero attached hydrogens (tertiary/aromatic N) is 1. The van der Waals surface area contributed by atoms with Gasteiger partial charge in [-0.25, -0.2) is 9.59 Å². The first kappa shape index (κ1) is 15.3. The Morgan fingerprint density at radius 2 is 2.16 bits per heavy atom. The third kappa shape index (κ3) is 4.42. The molecule has 7 heteroatoms. The molecule has 0 spiro atoms. The molecule has 0 aromatic rings. The smallest absolute Gasteiger partial charge is 0.326 e. The zero-order valence-electron chi connectivity index (χ0n) is 11.1. The normalized spacial score (nSPS) is 20.1. The maximum Gasteiger partial charge on any atom is 0.326 e. The van der Waals surface area contributed by atoms with Crippen LogP contribution in [0.15, 0.2) is 0 Å². The second-order valence-electron chi connectivity index (χ2n) is 4.74. The summed E-state index contributed by atoms with van der Waals surface area (Å²) in [5, 5.41) is 11.5. The number of likely N-dealkylation sites (tertiary alicyclic amines) is 1. The van der Waals surface area contributed by atoms with Gasteiger partial charge in [0.2, 0.25) is 5.91 Å². The minimum Gasteiger partial charge on any atom is -0.480 e. The summed E-state index contributed by atoms with van der Waals surface area (Å²) in [6.07, 6.45) is 2.69. The molecule has 19 heavy (non-hydrogen) atoms. The van der Waals surface area contributed by atoms with E-state index in [-0.39, 0.29) is 24.9 Å². The highest BCUT2D eigenvalue weighted by atomic mass is 16.4. The molecule has 0 bridgehead atoms. The molecule has 2 atom stereocenters. The van der Waals surface area contributed by atoms with Gasteiger partial charge in [0, 0.05) is 19.0 Å². The maximum atomic E-state index is 12.0. The van der Waals surface area contributed by atoms with E-state index in [2.05, 4.69) is 5.32 Å². The van der Waals surface area contributed by atoms with Crippen LogP contribution in [-0.2, 0) is 9.59 Å². The molecule has 7 nitrogen and oxygen atoms in total. The van der Waals surface area contributed by atoms with Crippen molar-refractivity contribution in [3.05, 3.63) is 0 Å². The van der Waals surface area contributed by atoms with Gasteiger partial charge in [0.1, 0.15) is 6.04 Å². The highest BCUT2D eigenvalue weighted by molar-refractivity contribution is 5.83. The number of primary amides is 1. The van der Waals surface area contributed by atoms with Crippen molar-refractivity contribution in [1.29, 1.82) is 0 Å². The van der Waals surface area contributed by atoms with Crippen LogP contribution in [0, 0.1) is 0 Å². The molecular weight excluding hydrogens is 250 g/mol. The van der Waals surface area contributed by atoms with Crippen LogP contribution in [0.1, 0.15) is 39.0 Å². The molecule has 3 amide bonds. The zero-order chi connectivity index (χ0) is 14.4. The van der Waals surface area contributed by atoms with E-state index in [9.17, 15) is 14.4 Å². The van der Waals surface area contributed by atoms with Crippen LogP contribution >= 0.6 is 0 Å². The summed E-state index contributed by atoms with van der Waals surface area (Å²) in [6.45, 7) is 2.64.